The Morgan fingerprint density at radius 2 is 1.43 bits per heavy atom. The predicted octanol–water partition coefficient (Wildman–Crippen LogP) is 4.33. The first-order valence-corrected chi connectivity index (χ1v) is 8.31. The van der Waals surface area contributed by atoms with Crippen molar-refractivity contribution in [3.8, 4) is 0 Å². The van der Waals surface area contributed by atoms with Crippen LogP contribution >= 0.6 is 0 Å². The molecule has 3 nitrogen and oxygen atoms in total. The van der Waals surface area contributed by atoms with Crippen LogP contribution in [0, 0.1) is 6.92 Å². The molecule has 0 fully saturated rings. The number of hydrogen-bond donors (Lipinski definition) is 1. The van der Waals surface area contributed by atoms with E-state index >= 15 is 0 Å². The summed E-state index contributed by atoms with van der Waals surface area (Å²) < 4.78 is 2.12. The zero-order valence-electron chi connectivity index (χ0n) is 15.6. The minimum absolute atomic E-state index is 0.0272. The van der Waals surface area contributed by atoms with Crippen molar-refractivity contribution >= 4 is 0 Å². The molecule has 0 saturated heterocycles. The van der Waals surface area contributed by atoms with Crippen molar-refractivity contribution in [2.75, 3.05) is 0 Å². The Morgan fingerprint density at radius 3 is 1.83 bits per heavy atom. The van der Waals surface area contributed by atoms with Crippen LogP contribution in [-0.2, 0) is 24.0 Å². The molecular weight excluding hydrogens is 284 g/mol. The largest absolute Gasteiger partial charge is 0.392 e. The number of aliphatic hydroxyl groups is 1. The molecular formula is C20H30N2O. The van der Waals surface area contributed by atoms with Gasteiger partial charge in [-0.1, -0.05) is 65.8 Å². The first-order valence-electron chi connectivity index (χ1n) is 8.31. The Morgan fingerprint density at radius 1 is 0.913 bits per heavy atom. The molecule has 0 atom stereocenters. The van der Waals surface area contributed by atoms with Crippen LogP contribution in [0.4, 0.5) is 0 Å². The van der Waals surface area contributed by atoms with Gasteiger partial charge in [-0.3, -0.25) is 4.68 Å². The summed E-state index contributed by atoms with van der Waals surface area (Å²) in [4.78, 5) is 0. The third-order valence-electron chi connectivity index (χ3n) is 4.20. The zero-order chi connectivity index (χ0) is 17.4. The molecule has 0 aliphatic heterocycles. The SMILES string of the molecule is Cc1c(C(C)(C)C)c(C(C)(C)C)nn1Cc1ccc(CO)cc1. The highest BCUT2D eigenvalue weighted by Gasteiger charge is 2.31. The normalized spacial score (nSPS) is 12.7. The minimum atomic E-state index is 0.0272. The van der Waals surface area contributed by atoms with Crippen molar-refractivity contribution in [2.24, 2.45) is 0 Å². The average molecular weight is 314 g/mol. The van der Waals surface area contributed by atoms with Gasteiger partial charge >= 0.3 is 0 Å². The Labute approximate surface area is 140 Å². The second-order valence-electron chi connectivity index (χ2n) is 8.44. The summed E-state index contributed by atoms with van der Waals surface area (Å²) in [7, 11) is 0. The molecule has 2 rings (SSSR count). The summed E-state index contributed by atoms with van der Waals surface area (Å²) in [5.74, 6) is 0. The lowest BCUT2D eigenvalue weighted by Gasteiger charge is -2.25. The molecule has 23 heavy (non-hydrogen) atoms. The van der Waals surface area contributed by atoms with Gasteiger partial charge in [0.15, 0.2) is 0 Å². The maximum Gasteiger partial charge on any atom is 0.0718 e. The van der Waals surface area contributed by atoms with Crippen molar-refractivity contribution in [1.82, 2.24) is 9.78 Å². The van der Waals surface area contributed by atoms with Crippen LogP contribution in [0.5, 0.6) is 0 Å². The second-order valence-corrected chi connectivity index (χ2v) is 8.44. The molecule has 0 saturated carbocycles. The zero-order valence-corrected chi connectivity index (χ0v) is 15.6. The number of rotatable bonds is 3. The number of nitrogens with zero attached hydrogens (tertiary/aromatic N) is 2. The summed E-state index contributed by atoms with van der Waals surface area (Å²) >= 11 is 0. The topological polar surface area (TPSA) is 38.0 Å². The van der Waals surface area contributed by atoms with Crippen LogP contribution in [-0.4, -0.2) is 14.9 Å². The number of hydrogen-bond acceptors (Lipinski definition) is 2. The van der Waals surface area contributed by atoms with Gasteiger partial charge in [0.1, 0.15) is 0 Å². The molecule has 126 valence electrons. The molecule has 0 bridgehead atoms. The lowest BCUT2D eigenvalue weighted by atomic mass is 9.78. The van der Waals surface area contributed by atoms with E-state index in [9.17, 15) is 0 Å². The van der Waals surface area contributed by atoms with E-state index in [4.69, 9.17) is 10.2 Å². The van der Waals surface area contributed by atoms with E-state index in [1.54, 1.807) is 0 Å². The van der Waals surface area contributed by atoms with Crippen molar-refractivity contribution in [3.63, 3.8) is 0 Å². The summed E-state index contributed by atoms with van der Waals surface area (Å²) in [6, 6.07) is 8.09. The van der Waals surface area contributed by atoms with E-state index in [0.717, 1.165) is 12.1 Å². The summed E-state index contributed by atoms with van der Waals surface area (Å²) in [6.07, 6.45) is 0. The van der Waals surface area contributed by atoms with Gasteiger partial charge < -0.3 is 5.11 Å². The van der Waals surface area contributed by atoms with Crippen LogP contribution < -0.4 is 0 Å². The Bertz CT molecular complexity index is 667. The standard InChI is InChI=1S/C20H30N2O/c1-14-17(19(2,3)4)18(20(5,6)7)21-22(14)12-15-8-10-16(13-23)11-9-15/h8-11,23H,12-13H2,1-7H3. The molecule has 0 radical (unpaired) electrons. The monoisotopic (exact) mass is 314 g/mol. The minimum Gasteiger partial charge on any atom is -0.392 e. The number of aromatic nitrogens is 2. The third kappa shape index (κ3) is 3.84. The lowest BCUT2D eigenvalue weighted by Crippen LogP contribution is -2.21. The van der Waals surface area contributed by atoms with E-state index in [-0.39, 0.29) is 17.4 Å². The van der Waals surface area contributed by atoms with Gasteiger partial charge in [-0.15, -0.1) is 0 Å². The van der Waals surface area contributed by atoms with Crippen LogP contribution in [0.1, 0.15) is 69.6 Å². The van der Waals surface area contributed by atoms with Crippen molar-refractivity contribution < 1.29 is 5.11 Å². The van der Waals surface area contributed by atoms with Gasteiger partial charge in [0, 0.05) is 16.7 Å². The number of aliphatic hydroxyl groups excluding tert-OH is 1. The lowest BCUT2D eigenvalue weighted by molar-refractivity contribution is 0.282. The molecule has 1 aromatic heterocycles. The van der Waals surface area contributed by atoms with Crippen LogP contribution in [0.3, 0.4) is 0 Å². The highest BCUT2D eigenvalue weighted by Crippen LogP contribution is 2.35. The molecule has 3 heteroatoms. The third-order valence-corrected chi connectivity index (χ3v) is 4.20. The summed E-state index contributed by atoms with van der Waals surface area (Å²) in [5.41, 5.74) is 6.04. The van der Waals surface area contributed by atoms with Crippen LogP contribution in [0.2, 0.25) is 0 Å². The molecule has 0 aliphatic carbocycles. The Kier molecular flexibility index (Phi) is 4.72. The van der Waals surface area contributed by atoms with Crippen molar-refractivity contribution in [2.45, 2.75) is 72.4 Å². The molecule has 1 N–H and O–H groups in total. The second kappa shape index (κ2) is 6.12. The fourth-order valence-corrected chi connectivity index (χ4v) is 3.05. The molecule has 0 unspecified atom stereocenters. The van der Waals surface area contributed by atoms with E-state index in [1.165, 1.54) is 22.5 Å². The van der Waals surface area contributed by atoms with Crippen LogP contribution in [0.15, 0.2) is 24.3 Å². The average Bonchev–Trinajstić information content (AvgIpc) is 2.77. The molecule has 1 heterocycles. The van der Waals surface area contributed by atoms with Crippen molar-refractivity contribution in [3.05, 3.63) is 52.3 Å². The Balaban J connectivity index is 2.45. The maximum absolute atomic E-state index is 9.16. The molecule has 0 spiro atoms. The fraction of sp³-hybridized carbons (Fsp3) is 0.550. The van der Waals surface area contributed by atoms with E-state index in [1.807, 2.05) is 12.1 Å². The Hall–Kier alpha value is -1.61. The molecule has 2 aromatic rings. The van der Waals surface area contributed by atoms with Gasteiger partial charge in [-0.2, -0.15) is 5.10 Å². The smallest absolute Gasteiger partial charge is 0.0718 e. The van der Waals surface area contributed by atoms with Gasteiger partial charge in [0.25, 0.3) is 0 Å². The van der Waals surface area contributed by atoms with E-state index in [2.05, 4.69) is 65.3 Å². The molecule has 1 aromatic carbocycles. The summed E-state index contributed by atoms with van der Waals surface area (Å²) in [5, 5.41) is 14.1. The van der Waals surface area contributed by atoms with Gasteiger partial charge in [-0.05, 0) is 23.5 Å². The van der Waals surface area contributed by atoms with E-state index < -0.39 is 0 Å². The van der Waals surface area contributed by atoms with Crippen LogP contribution in [0.25, 0.3) is 0 Å². The molecule has 0 aliphatic rings. The fourth-order valence-electron chi connectivity index (χ4n) is 3.05. The quantitative estimate of drug-likeness (QED) is 0.916. The first kappa shape index (κ1) is 17.7. The maximum atomic E-state index is 9.16. The van der Waals surface area contributed by atoms with Gasteiger partial charge in [0.05, 0.1) is 18.8 Å². The highest BCUT2D eigenvalue weighted by atomic mass is 16.3. The van der Waals surface area contributed by atoms with Gasteiger partial charge in [-0.25, -0.2) is 0 Å². The number of benzene rings is 1. The summed E-state index contributed by atoms with van der Waals surface area (Å²) in [6.45, 7) is 16.5. The predicted molar refractivity (Wildman–Crippen MR) is 95.8 cm³/mol. The first-order chi connectivity index (χ1) is 10.5. The highest BCUT2D eigenvalue weighted by molar-refractivity contribution is 5.37. The van der Waals surface area contributed by atoms with Gasteiger partial charge in [0.2, 0.25) is 0 Å². The molecule has 0 amide bonds. The van der Waals surface area contributed by atoms with Crippen molar-refractivity contribution in [1.29, 1.82) is 0 Å². The van der Waals surface area contributed by atoms with E-state index in [0.29, 0.717) is 0 Å².